The highest BCUT2D eigenvalue weighted by Crippen LogP contribution is 2.32. The summed E-state index contributed by atoms with van der Waals surface area (Å²) in [7, 11) is 0. The molecule has 0 atom stereocenters. The van der Waals surface area contributed by atoms with Crippen molar-refractivity contribution in [3.8, 4) is 22.7 Å². The maximum atomic E-state index is 10.4. The van der Waals surface area contributed by atoms with Crippen LogP contribution in [0.3, 0.4) is 0 Å². The van der Waals surface area contributed by atoms with Crippen molar-refractivity contribution in [1.82, 2.24) is 24.5 Å². The number of aryl methyl sites for hydroxylation is 2. The fraction of sp³-hybridized carbons (Fsp3) is 0.103. The number of hydrogen-bond acceptors (Lipinski definition) is 6. The molecule has 0 fully saturated rings. The maximum absolute atomic E-state index is 10.4. The van der Waals surface area contributed by atoms with Crippen molar-refractivity contribution >= 4 is 33.8 Å². The molecule has 6 aromatic rings. The number of nitrogens with zero attached hydrogens (tertiary/aromatic N) is 5. The zero-order valence-electron chi connectivity index (χ0n) is 19.9. The Morgan fingerprint density at radius 1 is 0.806 bits per heavy atom. The molecule has 3 aromatic carbocycles. The Morgan fingerprint density at radius 3 is 2.47 bits per heavy atom. The van der Waals surface area contributed by atoms with Crippen LogP contribution in [-0.4, -0.2) is 29.6 Å². The van der Waals surface area contributed by atoms with Gasteiger partial charge in [-0.25, -0.2) is 15.0 Å². The average molecular weight is 490 g/mol. The number of rotatable bonds is 5. The normalized spacial score (nSPS) is 11.4. The second-order valence-corrected chi connectivity index (χ2v) is 9.59. The van der Waals surface area contributed by atoms with E-state index in [0.29, 0.717) is 22.1 Å². The van der Waals surface area contributed by atoms with Gasteiger partial charge in [0.1, 0.15) is 0 Å². The van der Waals surface area contributed by atoms with Crippen LogP contribution in [0.4, 0.5) is 0 Å². The van der Waals surface area contributed by atoms with Crippen LogP contribution in [-0.2, 0) is 5.75 Å². The number of aromatic hydroxyl groups is 1. The molecule has 0 bridgehead atoms. The van der Waals surface area contributed by atoms with Crippen LogP contribution in [0.2, 0.25) is 0 Å². The van der Waals surface area contributed by atoms with Gasteiger partial charge in [0.05, 0.1) is 16.9 Å². The van der Waals surface area contributed by atoms with Gasteiger partial charge in [-0.15, -0.1) is 0 Å². The first-order valence-corrected chi connectivity index (χ1v) is 12.6. The van der Waals surface area contributed by atoms with Crippen molar-refractivity contribution in [2.75, 3.05) is 0 Å². The molecule has 0 saturated heterocycles. The Hall–Kier alpha value is -4.23. The van der Waals surface area contributed by atoms with Crippen LogP contribution in [0.15, 0.2) is 90.2 Å². The van der Waals surface area contributed by atoms with Crippen molar-refractivity contribution in [3.05, 3.63) is 102 Å². The minimum Gasteiger partial charge on any atom is -0.492 e. The molecule has 0 spiro atoms. The van der Waals surface area contributed by atoms with Gasteiger partial charge in [-0.2, -0.15) is 4.98 Å². The van der Waals surface area contributed by atoms with Gasteiger partial charge in [-0.1, -0.05) is 66.4 Å². The van der Waals surface area contributed by atoms with Crippen molar-refractivity contribution in [2.24, 2.45) is 0 Å². The quantitative estimate of drug-likeness (QED) is 0.216. The summed E-state index contributed by atoms with van der Waals surface area (Å²) in [6.07, 6.45) is 2.12. The lowest BCUT2D eigenvalue weighted by molar-refractivity contribution is 0.451. The molecule has 7 heteroatoms. The summed E-state index contributed by atoms with van der Waals surface area (Å²) in [5.41, 5.74) is 8.10. The molecule has 0 amide bonds. The van der Waals surface area contributed by atoms with Crippen LogP contribution in [0.1, 0.15) is 17.0 Å². The standard InChI is InChI=1S/C29H23N5OS/c1-18-19(2)31-27-26(30-18)28(35)33-29(32-27)36-17-20-8-6-11-22(16-20)34-15-14-24-23(12-7-13-25(24)34)21-9-4-3-5-10-21/h3-16H,17H2,1-2H3,(H,31,32,33,35). The zero-order valence-corrected chi connectivity index (χ0v) is 20.7. The summed E-state index contributed by atoms with van der Waals surface area (Å²) in [5, 5.41) is 12.1. The molecule has 0 aliphatic carbocycles. The van der Waals surface area contributed by atoms with E-state index in [1.807, 2.05) is 19.9 Å². The van der Waals surface area contributed by atoms with E-state index in [9.17, 15) is 5.11 Å². The van der Waals surface area contributed by atoms with E-state index in [-0.39, 0.29) is 5.88 Å². The molecule has 36 heavy (non-hydrogen) atoms. The molecule has 0 aliphatic rings. The highest BCUT2D eigenvalue weighted by molar-refractivity contribution is 7.98. The maximum Gasteiger partial charge on any atom is 0.243 e. The van der Waals surface area contributed by atoms with Crippen molar-refractivity contribution < 1.29 is 5.11 Å². The fourth-order valence-electron chi connectivity index (χ4n) is 4.35. The van der Waals surface area contributed by atoms with E-state index in [4.69, 9.17) is 0 Å². The second-order valence-electron chi connectivity index (χ2n) is 8.65. The minimum absolute atomic E-state index is 0.139. The van der Waals surface area contributed by atoms with E-state index in [0.717, 1.165) is 28.2 Å². The molecule has 0 aliphatic heterocycles. The molecule has 0 saturated carbocycles. The number of fused-ring (bicyclic) bond motifs is 2. The van der Waals surface area contributed by atoms with Gasteiger partial charge in [0.2, 0.25) is 5.88 Å². The van der Waals surface area contributed by atoms with Gasteiger partial charge >= 0.3 is 0 Å². The number of benzene rings is 3. The van der Waals surface area contributed by atoms with Gasteiger partial charge in [-0.3, -0.25) is 0 Å². The van der Waals surface area contributed by atoms with Crippen molar-refractivity contribution in [3.63, 3.8) is 0 Å². The monoisotopic (exact) mass is 489 g/mol. The third-order valence-corrected chi connectivity index (χ3v) is 7.20. The predicted molar refractivity (Wildman–Crippen MR) is 145 cm³/mol. The average Bonchev–Trinajstić information content (AvgIpc) is 3.34. The zero-order chi connectivity index (χ0) is 24.6. The van der Waals surface area contributed by atoms with Crippen LogP contribution in [0.5, 0.6) is 5.88 Å². The van der Waals surface area contributed by atoms with Crippen molar-refractivity contribution in [2.45, 2.75) is 24.8 Å². The van der Waals surface area contributed by atoms with E-state index in [1.54, 1.807) is 0 Å². The van der Waals surface area contributed by atoms with Gasteiger partial charge in [0.25, 0.3) is 0 Å². The molecule has 176 valence electrons. The Kier molecular flexibility index (Phi) is 5.62. The summed E-state index contributed by atoms with van der Waals surface area (Å²) in [6.45, 7) is 3.74. The molecule has 1 N–H and O–H groups in total. The molecule has 6 rings (SSSR count). The third kappa shape index (κ3) is 4.07. The number of aromatic nitrogens is 5. The summed E-state index contributed by atoms with van der Waals surface area (Å²) < 4.78 is 2.22. The van der Waals surface area contributed by atoms with Gasteiger partial charge in [0, 0.05) is 23.0 Å². The lowest BCUT2D eigenvalue weighted by Gasteiger charge is -2.10. The highest BCUT2D eigenvalue weighted by Gasteiger charge is 2.13. The van der Waals surface area contributed by atoms with Crippen LogP contribution in [0.25, 0.3) is 38.9 Å². The van der Waals surface area contributed by atoms with Crippen LogP contribution >= 0.6 is 11.8 Å². The van der Waals surface area contributed by atoms with E-state index in [1.165, 1.54) is 28.3 Å². The smallest absolute Gasteiger partial charge is 0.243 e. The Bertz CT molecular complexity index is 1730. The first kappa shape index (κ1) is 22.2. The Labute approximate surface area is 212 Å². The first-order valence-electron chi connectivity index (χ1n) is 11.7. The topological polar surface area (TPSA) is 76.7 Å². The van der Waals surface area contributed by atoms with Crippen LogP contribution in [0, 0.1) is 13.8 Å². The van der Waals surface area contributed by atoms with Gasteiger partial charge < -0.3 is 9.67 Å². The first-order chi connectivity index (χ1) is 17.6. The van der Waals surface area contributed by atoms with Crippen molar-refractivity contribution in [1.29, 1.82) is 0 Å². The number of hydrogen-bond donors (Lipinski definition) is 1. The second kappa shape index (κ2) is 9.09. The summed E-state index contributed by atoms with van der Waals surface area (Å²) in [6, 6.07) is 27.5. The summed E-state index contributed by atoms with van der Waals surface area (Å²) in [4.78, 5) is 17.6. The largest absolute Gasteiger partial charge is 0.492 e. The van der Waals surface area contributed by atoms with E-state index < -0.39 is 0 Å². The van der Waals surface area contributed by atoms with E-state index >= 15 is 0 Å². The number of thioether (sulfide) groups is 1. The van der Waals surface area contributed by atoms with Gasteiger partial charge in [0.15, 0.2) is 16.3 Å². The molecule has 3 aromatic heterocycles. The molecular formula is C29H23N5OS. The predicted octanol–water partition coefficient (Wildman–Crippen LogP) is 6.65. The third-order valence-electron chi connectivity index (χ3n) is 6.28. The molecule has 3 heterocycles. The van der Waals surface area contributed by atoms with Gasteiger partial charge in [-0.05, 0) is 54.8 Å². The lowest BCUT2D eigenvalue weighted by atomic mass is 10.0. The molecule has 0 radical (unpaired) electrons. The molecule has 6 nitrogen and oxygen atoms in total. The Morgan fingerprint density at radius 2 is 1.61 bits per heavy atom. The minimum atomic E-state index is -0.139. The SMILES string of the molecule is Cc1nc2nc(SCc3cccc(-n4ccc5c(-c6ccccc6)cccc54)c3)nc(O)c2nc1C. The molecular weight excluding hydrogens is 466 g/mol. The Balaban J connectivity index is 1.29. The highest BCUT2D eigenvalue weighted by atomic mass is 32.2. The lowest BCUT2D eigenvalue weighted by Crippen LogP contribution is -1.99. The molecule has 0 unspecified atom stereocenters. The van der Waals surface area contributed by atoms with E-state index in [2.05, 4.69) is 103 Å². The fourth-order valence-corrected chi connectivity index (χ4v) is 5.13. The summed E-state index contributed by atoms with van der Waals surface area (Å²) in [5.74, 6) is 0.519. The van der Waals surface area contributed by atoms with Crippen LogP contribution < -0.4 is 0 Å². The summed E-state index contributed by atoms with van der Waals surface area (Å²) >= 11 is 1.46.